The number of hydrogen-bond donors (Lipinski definition) is 1. The highest BCUT2D eigenvalue weighted by molar-refractivity contribution is 7.92. The highest BCUT2D eigenvalue weighted by Crippen LogP contribution is 2.26. The van der Waals surface area contributed by atoms with E-state index in [9.17, 15) is 8.42 Å². The van der Waals surface area contributed by atoms with E-state index in [2.05, 4.69) is 9.71 Å². The zero-order valence-electron chi connectivity index (χ0n) is 10.7. The number of sulfonamides is 1. The molecule has 0 amide bonds. The van der Waals surface area contributed by atoms with Crippen molar-refractivity contribution in [2.24, 2.45) is 0 Å². The Labute approximate surface area is 121 Å². The molecule has 0 unspecified atom stereocenters. The van der Waals surface area contributed by atoms with Crippen LogP contribution in [0.1, 0.15) is 5.01 Å². The number of anilines is 1. The lowest BCUT2D eigenvalue weighted by Crippen LogP contribution is -2.12. The number of nitrogens with zero attached hydrogens (tertiary/aromatic N) is 1. The van der Waals surface area contributed by atoms with E-state index in [4.69, 9.17) is 0 Å². The lowest BCUT2D eigenvalue weighted by Gasteiger charge is -2.07. The van der Waals surface area contributed by atoms with Gasteiger partial charge in [-0.2, -0.15) is 0 Å². The number of aryl methyl sites for hydroxylation is 1. The van der Waals surface area contributed by atoms with Crippen molar-refractivity contribution in [2.75, 3.05) is 4.72 Å². The van der Waals surface area contributed by atoms with Crippen molar-refractivity contribution in [3.8, 4) is 0 Å². The van der Waals surface area contributed by atoms with E-state index in [1.807, 2.05) is 13.0 Å². The summed E-state index contributed by atoms with van der Waals surface area (Å²) in [7, 11) is -3.54. The summed E-state index contributed by atoms with van der Waals surface area (Å²) in [6.45, 7) is 1.93. The fourth-order valence-corrected chi connectivity index (χ4v) is 3.85. The van der Waals surface area contributed by atoms with Crippen LogP contribution in [0, 0.1) is 6.92 Å². The Hall–Kier alpha value is -1.92. The van der Waals surface area contributed by atoms with Gasteiger partial charge in [-0.3, -0.25) is 4.72 Å². The van der Waals surface area contributed by atoms with Crippen molar-refractivity contribution < 1.29 is 8.42 Å². The Balaban J connectivity index is 1.96. The van der Waals surface area contributed by atoms with E-state index in [-0.39, 0.29) is 4.90 Å². The van der Waals surface area contributed by atoms with Gasteiger partial charge in [-0.1, -0.05) is 18.2 Å². The molecular formula is C14H12N2O2S2. The van der Waals surface area contributed by atoms with Gasteiger partial charge in [-0.15, -0.1) is 11.3 Å². The first-order valence-corrected chi connectivity index (χ1v) is 8.30. The minimum absolute atomic E-state index is 0.251. The van der Waals surface area contributed by atoms with Crippen LogP contribution in [0.4, 0.5) is 5.69 Å². The highest BCUT2D eigenvalue weighted by Gasteiger charge is 2.13. The molecule has 102 valence electrons. The molecular weight excluding hydrogens is 292 g/mol. The van der Waals surface area contributed by atoms with Crippen LogP contribution in [0.5, 0.6) is 0 Å². The van der Waals surface area contributed by atoms with Crippen LogP contribution in [0.15, 0.2) is 53.4 Å². The molecule has 3 aromatic rings. The van der Waals surface area contributed by atoms with Crippen LogP contribution < -0.4 is 4.72 Å². The summed E-state index contributed by atoms with van der Waals surface area (Å²) < 4.78 is 28.0. The fourth-order valence-electron chi connectivity index (χ4n) is 1.92. The minimum atomic E-state index is -3.54. The molecule has 20 heavy (non-hydrogen) atoms. The molecule has 1 N–H and O–H groups in total. The maximum atomic E-state index is 12.2. The fraction of sp³-hybridized carbons (Fsp3) is 0.0714. The van der Waals surface area contributed by atoms with Crippen molar-refractivity contribution in [1.29, 1.82) is 0 Å². The second-order valence-corrected chi connectivity index (χ2v) is 7.25. The van der Waals surface area contributed by atoms with Crippen LogP contribution in [-0.2, 0) is 10.0 Å². The van der Waals surface area contributed by atoms with Crippen molar-refractivity contribution in [2.45, 2.75) is 11.8 Å². The Kier molecular flexibility index (Phi) is 3.19. The number of hydrogen-bond acceptors (Lipinski definition) is 4. The Bertz CT molecular complexity index is 855. The van der Waals surface area contributed by atoms with E-state index in [1.54, 1.807) is 53.8 Å². The molecule has 0 saturated carbocycles. The average Bonchev–Trinajstić information content (AvgIpc) is 2.79. The topological polar surface area (TPSA) is 59.1 Å². The SMILES string of the molecule is Cc1nc2ccc(NS(=O)(=O)c3ccccc3)cc2s1. The van der Waals surface area contributed by atoms with Gasteiger partial charge >= 0.3 is 0 Å². The summed E-state index contributed by atoms with van der Waals surface area (Å²) in [6, 6.07) is 13.7. The Morgan fingerprint density at radius 3 is 2.60 bits per heavy atom. The van der Waals surface area contributed by atoms with Gasteiger partial charge in [0.25, 0.3) is 10.0 Å². The van der Waals surface area contributed by atoms with E-state index < -0.39 is 10.0 Å². The third kappa shape index (κ3) is 2.52. The van der Waals surface area contributed by atoms with E-state index in [0.717, 1.165) is 15.2 Å². The molecule has 4 nitrogen and oxygen atoms in total. The first-order valence-electron chi connectivity index (χ1n) is 6.00. The van der Waals surface area contributed by atoms with Crippen molar-refractivity contribution in [3.63, 3.8) is 0 Å². The van der Waals surface area contributed by atoms with E-state index in [0.29, 0.717) is 5.69 Å². The van der Waals surface area contributed by atoms with Gasteiger partial charge < -0.3 is 0 Å². The molecule has 0 spiro atoms. The van der Waals surface area contributed by atoms with Gasteiger partial charge in [0.05, 0.1) is 25.8 Å². The van der Waals surface area contributed by atoms with Crippen LogP contribution in [-0.4, -0.2) is 13.4 Å². The molecule has 3 rings (SSSR count). The summed E-state index contributed by atoms with van der Waals surface area (Å²) >= 11 is 1.54. The molecule has 0 atom stereocenters. The number of benzene rings is 2. The van der Waals surface area contributed by atoms with Gasteiger partial charge in [0.15, 0.2) is 0 Å². The Morgan fingerprint density at radius 2 is 1.85 bits per heavy atom. The number of rotatable bonds is 3. The standard InChI is InChI=1S/C14H12N2O2S2/c1-10-15-13-8-7-11(9-14(13)19-10)16-20(17,18)12-5-3-2-4-6-12/h2-9,16H,1H3. The smallest absolute Gasteiger partial charge is 0.261 e. The molecule has 0 aliphatic rings. The summed E-state index contributed by atoms with van der Waals surface area (Å²) in [5.74, 6) is 0. The quantitative estimate of drug-likeness (QED) is 0.806. The Morgan fingerprint density at radius 1 is 1.10 bits per heavy atom. The van der Waals surface area contributed by atoms with Gasteiger partial charge in [0.1, 0.15) is 0 Å². The average molecular weight is 304 g/mol. The maximum absolute atomic E-state index is 12.2. The predicted molar refractivity (Wildman–Crippen MR) is 81.6 cm³/mol. The molecule has 6 heteroatoms. The minimum Gasteiger partial charge on any atom is -0.280 e. The maximum Gasteiger partial charge on any atom is 0.261 e. The van der Waals surface area contributed by atoms with Crippen molar-refractivity contribution in [3.05, 3.63) is 53.5 Å². The highest BCUT2D eigenvalue weighted by atomic mass is 32.2. The molecule has 1 aromatic heterocycles. The monoisotopic (exact) mass is 304 g/mol. The van der Waals surface area contributed by atoms with Crippen molar-refractivity contribution in [1.82, 2.24) is 4.98 Å². The molecule has 1 heterocycles. The van der Waals surface area contributed by atoms with Crippen LogP contribution >= 0.6 is 11.3 Å². The molecule has 0 fully saturated rings. The molecule has 0 aliphatic heterocycles. The second-order valence-electron chi connectivity index (χ2n) is 4.33. The second kappa shape index (κ2) is 4.88. The van der Waals surface area contributed by atoms with Crippen LogP contribution in [0.2, 0.25) is 0 Å². The third-order valence-corrected chi connectivity index (χ3v) is 5.13. The summed E-state index contributed by atoms with van der Waals surface area (Å²) in [4.78, 5) is 4.60. The van der Waals surface area contributed by atoms with Gasteiger partial charge in [-0.25, -0.2) is 13.4 Å². The number of aromatic nitrogens is 1. The van der Waals surface area contributed by atoms with E-state index in [1.165, 1.54) is 0 Å². The zero-order chi connectivity index (χ0) is 14.2. The van der Waals surface area contributed by atoms with Gasteiger partial charge in [0, 0.05) is 0 Å². The third-order valence-electron chi connectivity index (χ3n) is 2.80. The lowest BCUT2D eigenvalue weighted by atomic mass is 10.3. The molecule has 0 radical (unpaired) electrons. The molecule has 0 saturated heterocycles. The summed E-state index contributed by atoms with van der Waals surface area (Å²) in [6.07, 6.45) is 0. The van der Waals surface area contributed by atoms with Crippen molar-refractivity contribution >= 4 is 37.3 Å². The number of fused-ring (bicyclic) bond motifs is 1. The molecule has 2 aromatic carbocycles. The van der Waals surface area contributed by atoms with Crippen LogP contribution in [0.25, 0.3) is 10.2 Å². The predicted octanol–water partition coefficient (Wildman–Crippen LogP) is 3.41. The first-order chi connectivity index (χ1) is 9.54. The van der Waals surface area contributed by atoms with Gasteiger partial charge in [-0.05, 0) is 37.3 Å². The largest absolute Gasteiger partial charge is 0.280 e. The molecule has 0 bridgehead atoms. The summed E-state index contributed by atoms with van der Waals surface area (Å²) in [5, 5.41) is 0.961. The normalized spacial score (nSPS) is 11.7. The number of thiazole rings is 1. The van der Waals surface area contributed by atoms with Gasteiger partial charge in [0.2, 0.25) is 0 Å². The first kappa shape index (κ1) is 13.1. The van der Waals surface area contributed by atoms with E-state index >= 15 is 0 Å². The lowest BCUT2D eigenvalue weighted by molar-refractivity contribution is 0.601. The van der Waals surface area contributed by atoms with Crippen LogP contribution in [0.3, 0.4) is 0 Å². The zero-order valence-corrected chi connectivity index (χ0v) is 12.3. The number of nitrogens with one attached hydrogen (secondary N) is 1. The molecule has 0 aliphatic carbocycles. The summed E-state index contributed by atoms with van der Waals surface area (Å²) in [5.41, 5.74) is 1.43.